The van der Waals surface area contributed by atoms with E-state index >= 15 is 0 Å². The Morgan fingerprint density at radius 3 is 2.80 bits per heavy atom. The lowest BCUT2D eigenvalue weighted by atomic mass is 10.2. The summed E-state index contributed by atoms with van der Waals surface area (Å²) in [6.07, 6.45) is 0. The maximum absolute atomic E-state index is 11.0. The molecule has 0 unspecified atom stereocenters. The second-order valence-electron chi connectivity index (χ2n) is 4.24. The zero-order valence-electron chi connectivity index (χ0n) is 11.4. The van der Waals surface area contributed by atoms with Crippen LogP contribution in [-0.2, 0) is 0 Å². The summed E-state index contributed by atoms with van der Waals surface area (Å²) < 4.78 is 5.51. The molecule has 0 amide bonds. The number of hydrogen-bond donors (Lipinski definition) is 2. The fourth-order valence-corrected chi connectivity index (χ4v) is 1.85. The SMILES string of the molecule is CCOc1ccccc1Nc1cc(C(=O)O)cc(C)n1. The normalized spacial score (nSPS) is 10.1. The van der Waals surface area contributed by atoms with Crippen LogP contribution in [0.4, 0.5) is 11.5 Å². The van der Waals surface area contributed by atoms with Gasteiger partial charge in [0.05, 0.1) is 17.9 Å². The van der Waals surface area contributed by atoms with E-state index in [0.29, 0.717) is 23.9 Å². The summed E-state index contributed by atoms with van der Waals surface area (Å²) >= 11 is 0. The lowest BCUT2D eigenvalue weighted by Crippen LogP contribution is -2.03. The number of carbonyl (C=O) groups is 1. The van der Waals surface area contributed by atoms with Gasteiger partial charge in [0.2, 0.25) is 0 Å². The number of rotatable bonds is 5. The van der Waals surface area contributed by atoms with Crippen molar-refractivity contribution in [2.45, 2.75) is 13.8 Å². The predicted molar refractivity (Wildman–Crippen MR) is 76.8 cm³/mol. The Bertz CT molecular complexity index is 626. The minimum Gasteiger partial charge on any atom is -0.492 e. The van der Waals surface area contributed by atoms with Crippen molar-refractivity contribution in [1.29, 1.82) is 0 Å². The van der Waals surface area contributed by atoms with Gasteiger partial charge in [-0.1, -0.05) is 12.1 Å². The van der Waals surface area contributed by atoms with Crippen LogP contribution >= 0.6 is 0 Å². The number of anilines is 2. The summed E-state index contributed by atoms with van der Waals surface area (Å²) in [4.78, 5) is 15.3. The van der Waals surface area contributed by atoms with Crippen molar-refractivity contribution in [1.82, 2.24) is 4.98 Å². The molecule has 2 aromatic rings. The first-order chi connectivity index (χ1) is 9.60. The molecular weight excluding hydrogens is 256 g/mol. The van der Waals surface area contributed by atoms with Crippen molar-refractivity contribution in [3.63, 3.8) is 0 Å². The third-order valence-electron chi connectivity index (χ3n) is 2.65. The van der Waals surface area contributed by atoms with Gasteiger partial charge >= 0.3 is 5.97 Å². The first kappa shape index (κ1) is 13.9. The predicted octanol–water partition coefficient (Wildman–Crippen LogP) is 3.23. The fourth-order valence-electron chi connectivity index (χ4n) is 1.85. The van der Waals surface area contributed by atoms with Crippen molar-refractivity contribution < 1.29 is 14.6 Å². The van der Waals surface area contributed by atoms with Crippen LogP contribution in [0.2, 0.25) is 0 Å². The van der Waals surface area contributed by atoms with E-state index < -0.39 is 5.97 Å². The van der Waals surface area contributed by atoms with Gasteiger partial charge in [0, 0.05) is 5.69 Å². The van der Waals surface area contributed by atoms with Gasteiger partial charge in [-0.05, 0) is 38.1 Å². The number of nitrogens with zero attached hydrogens (tertiary/aromatic N) is 1. The molecule has 5 nitrogen and oxygen atoms in total. The van der Waals surface area contributed by atoms with E-state index in [2.05, 4.69) is 10.3 Å². The average molecular weight is 272 g/mol. The molecule has 0 fully saturated rings. The molecule has 0 radical (unpaired) electrons. The molecule has 0 spiro atoms. The second kappa shape index (κ2) is 6.06. The van der Waals surface area contributed by atoms with Crippen LogP contribution in [0.25, 0.3) is 0 Å². The Hall–Kier alpha value is -2.56. The molecule has 1 heterocycles. The lowest BCUT2D eigenvalue weighted by molar-refractivity contribution is 0.0696. The number of ether oxygens (including phenoxy) is 1. The molecule has 1 aromatic carbocycles. The van der Waals surface area contributed by atoms with Crippen LogP contribution in [0.15, 0.2) is 36.4 Å². The molecule has 0 aliphatic carbocycles. The lowest BCUT2D eigenvalue weighted by Gasteiger charge is -2.12. The quantitative estimate of drug-likeness (QED) is 0.874. The molecule has 104 valence electrons. The summed E-state index contributed by atoms with van der Waals surface area (Å²) in [5.74, 6) is 0.210. The number of hydrogen-bond acceptors (Lipinski definition) is 4. The molecule has 1 aromatic heterocycles. The van der Waals surface area contributed by atoms with Crippen LogP contribution < -0.4 is 10.1 Å². The number of carboxylic acids is 1. The summed E-state index contributed by atoms with van der Waals surface area (Å²) in [6, 6.07) is 10.5. The number of para-hydroxylation sites is 2. The number of carboxylic acid groups (broad SMARTS) is 1. The maximum atomic E-state index is 11.0. The van der Waals surface area contributed by atoms with Crippen LogP contribution in [0.1, 0.15) is 23.0 Å². The highest BCUT2D eigenvalue weighted by Gasteiger charge is 2.08. The van der Waals surface area contributed by atoms with Crippen LogP contribution in [-0.4, -0.2) is 22.7 Å². The minimum absolute atomic E-state index is 0.203. The van der Waals surface area contributed by atoms with E-state index in [1.54, 1.807) is 6.92 Å². The Morgan fingerprint density at radius 2 is 2.10 bits per heavy atom. The smallest absolute Gasteiger partial charge is 0.335 e. The van der Waals surface area contributed by atoms with Crippen LogP contribution in [0.5, 0.6) is 5.75 Å². The van der Waals surface area contributed by atoms with Crippen molar-refractivity contribution in [2.24, 2.45) is 0 Å². The highest BCUT2D eigenvalue weighted by atomic mass is 16.5. The van der Waals surface area contributed by atoms with Crippen LogP contribution in [0, 0.1) is 6.92 Å². The number of aromatic nitrogens is 1. The Kier molecular flexibility index (Phi) is 4.20. The van der Waals surface area contributed by atoms with E-state index in [4.69, 9.17) is 9.84 Å². The van der Waals surface area contributed by atoms with Gasteiger partial charge in [-0.3, -0.25) is 0 Å². The first-order valence-electron chi connectivity index (χ1n) is 6.31. The molecule has 0 aliphatic heterocycles. The molecule has 0 atom stereocenters. The summed E-state index contributed by atoms with van der Waals surface area (Å²) in [6.45, 7) is 4.22. The van der Waals surface area contributed by atoms with E-state index in [1.165, 1.54) is 12.1 Å². The number of nitrogens with one attached hydrogen (secondary N) is 1. The summed E-state index contributed by atoms with van der Waals surface area (Å²) in [7, 11) is 0. The molecule has 20 heavy (non-hydrogen) atoms. The Morgan fingerprint density at radius 1 is 1.35 bits per heavy atom. The molecule has 5 heteroatoms. The number of benzene rings is 1. The maximum Gasteiger partial charge on any atom is 0.335 e. The molecule has 0 bridgehead atoms. The van der Waals surface area contributed by atoms with Crippen molar-refractivity contribution in [3.05, 3.63) is 47.7 Å². The fraction of sp³-hybridized carbons (Fsp3) is 0.200. The van der Waals surface area contributed by atoms with Crippen molar-refractivity contribution in [3.8, 4) is 5.75 Å². The first-order valence-corrected chi connectivity index (χ1v) is 6.31. The standard InChI is InChI=1S/C15H16N2O3/c1-3-20-13-7-5-4-6-12(13)17-14-9-11(15(18)19)8-10(2)16-14/h4-9H,3H2,1-2H3,(H,16,17)(H,18,19). The third-order valence-corrected chi connectivity index (χ3v) is 2.65. The van der Waals surface area contributed by atoms with Gasteiger partial charge < -0.3 is 15.2 Å². The summed E-state index contributed by atoms with van der Waals surface area (Å²) in [5.41, 5.74) is 1.60. The minimum atomic E-state index is -0.975. The largest absolute Gasteiger partial charge is 0.492 e. The number of aromatic carboxylic acids is 1. The highest BCUT2D eigenvalue weighted by Crippen LogP contribution is 2.27. The Labute approximate surface area is 117 Å². The van der Waals surface area contributed by atoms with Gasteiger partial charge in [0.1, 0.15) is 11.6 Å². The molecule has 0 saturated heterocycles. The van der Waals surface area contributed by atoms with E-state index in [-0.39, 0.29) is 5.56 Å². The highest BCUT2D eigenvalue weighted by molar-refractivity contribution is 5.89. The molecular formula is C15H16N2O3. The van der Waals surface area contributed by atoms with E-state index in [1.807, 2.05) is 31.2 Å². The average Bonchev–Trinajstić information content (AvgIpc) is 2.40. The van der Waals surface area contributed by atoms with Crippen molar-refractivity contribution >= 4 is 17.5 Å². The second-order valence-corrected chi connectivity index (χ2v) is 4.24. The molecule has 2 N–H and O–H groups in total. The number of aryl methyl sites for hydroxylation is 1. The monoisotopic (exact) mass is 272 g/mol. The van der Waals surface area contributed by atoms with Gasteiger partial charge in [0.25, 0.3) is 0 Å². The van der Waals surface area contributed by atoms with E-state index in [9.17, 15) is 4.79 Å². The molecule has 0 saturated carbocycles. The zero-order chi connectivity index (χ0) is 14.5. The summed E-state index contributed by atoms with van der Waals surface area (Å²) in [5, 5.41) is 12.2. The van der Waals surface area contributed by atoms with Crippen LogP contribution in [0.3, 0.4) is 0 Å². The molecule has 2 rings (SSSR count). The van der Waals surface area contributed by atoms with Gasteiger partial charge in [-0.2, -0.15) is 0 Å². The van der Waals surface area contributed by atoms with Gasteiger partial charge in [-0.15, -0.1) is 0 Å². The van der Waals surface area contributed by atoms with Gasteiger partial charge in [0.15, 0.2) is 0 Å². The topological polar surface area (TPSA) is 71.5 Å². The Balaban J connectivity index is 2.32. The number of pyridine rings is 1. The van der Waals surface area contributed by atoms with Gasteiger partial charge in [-0.25, -0.2) is 9.78 Å². The van der Waals surface area contributed by atoms with Crippen molar-refractivity contribution in [2.75, 3.05) is 11.9 Å². The molecule has 0 aliphatic rings. The third kappa shape index (κ3) is 3.26. The van der Waals surface area contributed by atoms with E-state index in [0.717, 1.165) is 5.69 Å². The zero-order valence-corrected chi connectivity index (χ0v) is 11.4.